The SMILES string of the molecule is NC(N)=NCCC[C@H](NC(=O)[C@H](Cc1cnc(-c2ccc(-c3ccccc3)cc2)[nH]1)NC(=O)[C@@H](N)CCCN=C(N)N)C(=O)NCc1ccccc1. The van der Waals surface area contributed by atoms with Crippen LogP contribution in [0.25, 0.3) is 22.5 Å². The van der Waals surface area contributed by atoms with Gasteiger partial charge in [0.15, 0.2) is 11.9 Å². The number of nitrogens with one attached hydrogen (secondary N) is 4. The molecule has 274 valence electrons. The Morgan fingerprint density at radius 1 is 0.673 bits per heavy atom. The minimum absolute atomic E-state index is 0.0414. The van der Waals surface area contributed by atoms with Crippen LogP contribution in [0.3, 0.4) is 0 Å². The zero-order valence-electron chi connectivity index (χ0n) is 29.0. The zero-order chi connectivity index (χ0) is 37.3. The number of aromatic amines is 1. The maximum absolute atomic E-state index is 13.9. The number of rotatable bonds is 19. The van der Waals surface area contributed by atoms with Crippen molar-refractivity contribution in [3.63, 3.8) is 0 Å². The Morgan fingerprint density at radius 3 is 1.87 bits per heavy atom. The Bertz CT molecular complexity index is 1790. The number of nitrogens with two attached hydrogens (primary N) is 5. The molecule has 1 heterocycles. The summed E-state index contributed by atoms with van der Waals surface area (Å²) in [7, 11) is 0. The number of imidazole rings is 1. The Morgan fingerprint density at radius 2 is 1.23 bits per heavy atom. The molecule has 52 heavy (non-hydrogen) atoms. The fourth-order valence-electron chi connectivity index (χ4n) is 5.37. The van der Waals surface area contributed by atoms with Gasteiger partial charge in [0, 0.05) is 43.5 Å². The summed E-state index contributed by atoms with van der Waals surface area (Å²) in [5, 5.41) is 8.50. The Hall–Kier alpha value is -6.22. The molecule has 1 aromatic heterocycles. The largest absolute Gasteiger partial charge is 0.370 e. The molecule has 0 radical (unpaired) electrons. The summed E-state index contributed by atoms with van der Waals surface area (Å²) in [6.07, 6.45) is 3.03. The molecular formula is C37H48N12O3. The molecule has 3 aromatic carbocycles. The van der Waals surface area contributed by atoms with Gasteiger partial charge in [-0.15, -0.1) is 0 Å². The summed E-state index contributed by atoms with van der Waals surface area (Å²) in [6.45, 7) is 0.826. The first kappa shape index (κ1) is 38.6. The number of aliphatic imine (C=N–C) groups is 2. The lowest BCUT2D eigenvalue weighted by Crippen LogP contribution is -2.56. The first-order valence-corrected chi connectivity index (χ1v) is 17.1. The highest BCUT2D eigenvalue weighted by Gasteiger charge is 2.29. The van der Waals surface area contributed by atoms with Gasteiger partial charge in [0.05, 0.1) is 6.04 Å². The fourth-order valence-corrected chi connectivity index (χ4v) is 5.37. The maximum Gasteiger partial charge on any atom is 0.243 e. The van der Waals surface area contributed by atoms with Crippen molar-refractivity contribution >= 4 is 29.6 Å². The van der Waals surface area contributed by atoms with Crippen molar-refractivity contribution in [2.75, 3.05) is 13.1 Å². The van der Waals surface area contributed by atoms with E-state index in [2.05, 4.69) is 35.9 Å². The number of carbonyl (C=O) groups is 3. The topological polar surface area (TPSA) is 271 Å². The number of carbonyl (C=O) groups excluding carboxylic acids is 3. The van der Waals surface area contributed by atoms with Crippen molar-refractivity contribution in [3.8, 4) is 22.5 Å². The van der Waals surface area contributed by atoms with Crippen LogP contribution in [0.4, 0.5) is 0 Å². The molecule has 0 spiro atoms. The Kier molecular flexibility index (Phi) is 14.7. The van der Waals surface area contributed by atoms with Crippen LogP contribution < -0.4 is 44.6 Å². The lowest BCUT2D eigenvalue weighted by Gasteiger charge is -2.24. The molecule has 4 rings (SSSR count). The zero-order valence-corrected chi connectivity index (χ0v) is 29.0. The smallest absolute Gasteiger partial charge is 0.243 e. The Labute approximate surface area is 302 Å². The normalized spacial score (nSPS) is 12.5. The van der Waals surface area contributed by atoms with Crippen molar-refractivity contribution < 1.29 is 14.4 Å². The highest BCUT2D eigenvalue weighted by molar-refractivity contribution is 5.93. The van der Waals surface area contributed by atoms with Gasteiger partial charge in [0.25, 0.3) is 0 Å². The molecule has 0 aliphatic carbocycles. The van der Waals surface area contributed by atoms with Gasteiger partial charge in [-0.25, -0.2) is 4.98 Å². The molecule has 0 unspecified atom stereocenters. The van der Waals surface area contributed by atoms with Crippen molar-refractivity contribution in [2.45, 2.75) is 56.8 Å². The minimum atomic E-state index is -1.10. The number of hydrogen-bond acceptors (Lipinski definition) is 7. The van der Waals surface area contributed by atoms with Gasteiger partial charge in [0.2, 0.25) is 17.7 Å². The van der Waals surface area contributed by atoms with Crippen molar-refractivity contribution in [3.05, 3.63) is 102 Å². The van der Waals surface area contributed by atoms with Crippen LogP contribution >= 0.6 is 0 Å². The summed E-state index contributed by atoms with van der Waals surface area (Å²) in [4.78, 5) is 56.3. The van der Waals surface area contributed by atoms with Crippen molar-refractivity contribution in [1.29, 1.82) is 0 Å². The molecule has 15 heteroatoms. The minimum Gasteiger partial charge on any atom is -0.370 e. The number of guanidine groups is 2. The lowest BCUT2D eigenvalue weighted by molar-refractivity contribution is -0.132. The monoisotopic (exact) mass is 708 g/mol. The van der Waals surface area contributed by atoms with Gasteiger partial charge in [-0.2, -0.15) is 0 Å². The van der Waals surface area contributed by atoms with E-state index < -0.39 is 35.8 Å². The molecule has 15 nitrogen and oxygen atoms in total. The fraction of sp³-hybridized carbons (Fsp3) is 0.297. The number of benzene rings is 3. The average molecular weight is 709 g/mol. The molecule has 14 N–H and O–H groups in total. The van der Waals surface area contributed by atoms with E-state index in [0.717, 1.165) is 22.3 Å². The molecular weight excluding hydrogens is 660 g/mol. The molecule has 3 atom stereocenters. The van der Waals surface area contributed by atoms with Crippen LogP contribution in [0, 0.1) is 0 Å². The van der Waals surface area contributed by atoms with Crippen molar-refractivity contribution in [1.82, 2.24) is 25.9 Å². The molecule has 0 saturated carbocycles. The van der Waals surface area contributed by atoms with Crippen LogP contribution in [-0.4, -0.2) is 70.8 Å². The average Bonchev–Trinajstić information content (AvgIpc) is 3.62. The highest BCUT2D eigenvalue weighted by atomic mass is 16.2. The second-order valence-electron chi connectivity index (χ2n) is 12.2. The van der Waals surface area contributed by atoms with E-state index in [1.54, 1.807) is 6.20 Å². The first-order valence-electron chi connectivity index (χ1n) is 17.1. The van der Waals surface area contributed by atoms with Crippen LogP contribution in [-0.2, 0) is 27.3 Å². The number of aromatic nitrogens is 2. The summed E-state index contributed by atoms with van der Waals surface area (Å²) in [5.74, 6) is -1.05. The van der Waals surface area contributed by atoms with Gasteiger partial charge in [-0.3, -0.25) is 24.4 Å². The van der Waals surface area contributed by atoms with Gasteiger partial charge in [-0.1, -0.05) is 84.9 Å². The highest BCUT2D eigenvalue weighted by Crippen LogP contribution is 2.23. The summed E-state index contributed by atoms with van der Waals surface area (Å²) in [6, 6.07) is 24.4. The maximum atomic E-state index is 13.9. The van der Waals surface area contributed by atoms with Crippen LogP contribution in [0.2, 0.25) is 0 Å². The van der Waals surface area contributed by atoms with Crippen molar-refractivity contribution in [2.24, 2.45) is 38.7 Å². The number of amides is 3. The van der Waals surface area contributed by atoms with E-state index in [1.165, 1.54) is 0 Å². The predicted octanol–water partition coefficient (Wildman–Crippen LogP) is 1.01. The standard InChI is InChI=1S/C37H48N12O3/c38-29(13-7-19-43-36(39)40)33(50)49-31(21-28-23-45-32(47-28)27-17-15-26(16-18-27)25-11-5-2-6-12-25)35(52)48-30(14-8-20-44-37(41)42)34(51)46-22-24-9-3-1-4-10-24/h1-6,9-12,15-18,23,29-31H,7-8,13-14,19-22,38H2,(H,45,47)(H,46,51)(H,48,52)(H,49,50)(H4,39,40,43)(H4,41,42,44)/t29-,30-,31-/m0/s1. The molecule has 0 fully saturated rings. The Balaban J connectivity index is 1.51. The third-order valence-electron chi connectivity index (χ3n) is 8.14. The molecule has 0 aliphatic rings. The summed E-state index contributed by atoms with van der Waals surface area (Å²) >= 11 is 0. The molecule has 0 bridgehead atoms. The second-order valence-corrected chi connectivity index (χ2v) is 12.2. The second kappa shape index (κ2) is 19.8. The summed E-state index contributed by atoms with van der Waals surface area (Å²) < 4.78 is 0. The van der Waals surface area contributed by atoms with Gasteiger partial charge in [0.1, 0.15) is 17.9 Å². The summed E-state index contributed by atoms with van der Waals surface area (Å²) in [5.41, 5.74) is 32.4. The van der Waals surface area contributed by atoms with E-state index in [9.17, 15) is 14.4 Å². The van der Waals surface area contributed by atoms with Gasteiger partial charge in [-0.05, 0) is 42.4 Å². The molecule has 0 saturated heterocycles. The predicted molar refractivity (Wildman–Crippen MR) is 203 cm³/mol. The third-order valence-corrected chi connectivity index (χ3v) is 8.14. The molecule has 0 aliphatic heterocycles. The third kappa shape index (κ3) is 12.6. The van der Waals surface area contributed by atoms with Crippen LogP contribution in [0.5, 0.6) is 0 Å². The molecule has 3 amide bonds. The first-order chi connectivity index (χ1) is 25.1. The van der Waals surface area contributed by atoms with Gasteiger partial charge >= 0.3 is 0 Å². The van der Waals surface area contributed by atoms with Crippen LogP contribution in [0.15, 0.2) is 101 Å². The van der Waals surface area contributed by atoms with E-state index in [0.29, 0.717) is 30.9 Å². The lowest BCUT2D eigenvalue weighted by atomic mass is 10.0. The van der Waals surface area contributed by atoms with E-state index in [-0.39, 0.29) is 44.3 Å². The van der Waals surface area contributed by atoms with E-state index in [1.807, 2.05) is 84.9 Å². The molecule has 4 aromatic rings. The van der Waals surface area contributed by atoms with Crippen LogP contribution in [0.1, 0.15) is 36.9 Å². The van der Waals surface area contributed by atoms with E-state index in [4.69, 9.17) is 28.7 Å². The number of hydrogen-bond donors (Lipinski definition) is 9. The quantitative estimate of drug-likeness (QED) is 0.0381. The van der Waals surface area contributed by atoms with E-state index >= 15 is 0 Å². The van der Waals surface area contributed by atoms with Gasteiger partial charge < -0.3 is 49.6 Å². The number of nitrogens with zero attached hydrogens (tertiary/aromatic N) is 3. The number of H-pyrrole nitrogens is 1.